The number of aromatic nitrogens is 1. The van der Waals surface area contributed by atoms with Crippen LogP contribution in [0, 0.1) is 13.8 Å². The molecule has 2 rings (SSSR count). The van der Waals surface area contributed by atoms with E-state index in [1.54, 1.807) is 0 Å². The maximum atomic E-state index is 11.7. The molecule has 1 aromatic carbocycles. The molecule has 0 unspecified atom stereocenters. The summed E-state index contributed by atoms with van der Waals surface area (Å²) in [5.41, 5.74) is 2.09. The van der Waals surface area contributed by atoms with Crippen molar-refractivity contribution in [3.63, 3.8) is 0 Å². The summed E-state index contributed by atoms with van der Waals surface area (Å²) in [5.74, 6) is 1.60. The molecule has 0 saturated carbocycles. The van der Waals surface area contributed by atoms with Gasteiger partial charge in [-0.3, -0.25) is 4.79 Å². The van der Waals surface area contributed by atoms with E-state index in [-0.39, 0.29) is 5.91 Å². The summed E-state index contributed by atoms with van der Waals surface area (Å²) in [6.07, 6.45) is 1.97. The molecule has 20 heavy (non-hydrogen) atoms. The molecule has 0 aliphatic rings. The highest BCUT2D eigenvalue weighted by Gasteiger charge is 2.07. The topological polar surface area (TPSA) is 55.1 Å². The highest BCUT2D eigenvalue weighted by Crippen LogP contribution is 2.09. The highest BCUT2D eigenvalue weighted by atomic mass is 16.4. The van der Waals surface area contributed by atoms with Crippen molar-refractivity contribution in [1.29, 1.82) is 0 Å². The fourth-order valence-electron chi connectivity index (χ4n) is 2.11. The second kappa shape index (κ2) is 6.89. The molecule has 0 bridgehead atoms. The Morgan fingerprint density at radius 3 is 2.60 bits per heavy atom. The molecule has 4 heteroatoms. The number of rotatable bonds is 6. The lowest BCUT2D eigenvalue weighted by Crippen LogP contribution is -2.25. The van der Waals surface area contributed by atoms with Gasteiger partial charge in [-0.15, -0.1) is 0 Å². The maximum Gasteiger partial charge on any atom is 0.220 e. The minimum absolute atomic E-state index is 0.0720. The Balaban J connectivity index is 1.69. The summed E-state index contributed by atoms with van der Waals surface area (Å²) < 4.78 is 5.46. The molecule has 0 radical (unpaired) electrons. The number of amides is 1. The predicted molar refractivity (Wildman–Crippen MR) is 77.5 cm³/mol. The van der Waals surface area contributed by atoms with Crippen LogP contribution in [0.3, 0.4) is 0 Å². The van der Waals surface area contributed by atoms with E-state index in [0.29, 0.717) is 25.3 Å². The molecule has 0 aliphatic carbocycles. The van der Waals surface area contributed by atoms with Gasteiger partial charge in [-0.2, -0.15) is 0 Å². The van der Waals surface area contributed by atoms with Crippen LogP contribution in [0.25, 0.3) is 0 Å². The molecule has 1 aromatic heterocycles. The summed E-state index contributed by atoms with van der Waals surface area (Å²) in [5, 5.41) is 2.91. The Labute approximate surface area is 119 Å². The van der Waals surface area contributed by atoms with Crippen LogP contribution in [0.1, 0.15) is 29.3 Å². The zero-order valence-electron chi connectivity index (χ0n) is 12.0. The predicted octanol–water partition coefficient (Wildman–Crippen LogP) is 2.58. The Bertz CT molecular complexity index is 561. The van der Waals surface area contributed by atoms with Crippen LogP contribution in [-0.2, 0) is 17.6 Å². The van der Waals surface area contributed by atoms with Crippen LogP contribution in [-0.4, -0.2) is 17.4 Å². The third-order valence-electron chi connectivity index (χ3n) is 3.16. The van der Waals surface area contributed by atoms with Gasteiger partial charge in [0.2, 0.25) is 5.91 Å². The van der Waals surface area contributed by atoms with E-state index < -0.39 is 0 Å². The van der Waals surface area contributed by atoms with Crippen molar-refractivity contribution in [2.24, 2.45) is 0 Å². The van der Waals surface area contributed by atoms with Gasteiger partial charge < -0.3 is 9.73 Å². The number of aryl methyl sites for hydroxylation is 3. The molecule has 0 spiro atoms. The summed E-state index contributed by atoms with van der Waals surface area (Å²) in [6.45, 7) is 4.33. The first kappa shape index (κ1) is 14.3. The van der Waals surface area contributed by atoms with Gasteiger partial charge >= 0.3 is 0 Å². The van der Waals surface area contributed by atoms with Crippen LogP contribution in [0.5, 0.6) is 0 Å². The molecule has 0 fully saturated rings. The van der Waals surface area contributed by atoms with Crippen molar-refractivity contribution in [2.75, 3.05) is 6.54 Å². The van der Waals surface area contributed by atoms with Crippen molar-refractivity contribution < 1.29 is 9.21 Å². The van der Waals surface area contributed by atoms with Gasteiger partial charge in [0.15, 0.2) is 5.89 Å². The summed E-state index contributed by atoms with van der Waals surface area (Å²) >= 11 is 0. The zero-order valence-corrected chi connectivity index (χ0v) is 12.0. The van der Waals surface area contributed by atoms with Gasteiger partial charge in [-0.1, -0.05) is 30.3 Å². The number of hydrogen-bond donors (Lipinski definition) is 1. The third-order valence-corrected chi connectivity index (χ3v) is 3.16. The monoisotopic (exact) mass is 272 g/mol. The fourth-order valence-corrected chi connectivity index (χ4v) is 2.11. The SMILES string of the molecule is Cc1nc(C)c(CCNC(=O)CCc2ccccc2)o1. The van der Waals surface area contributed by atoms with Gasteiger partial charge in [0.25, 0.3) is 0 Å². The number of nitrogens with one attached hydrogen (secondary N) is 1. The first-order chi connectivity index (χ1) is 9.65. The van der Waals surface area contributed by atoms with Crippen molar-refractivity contribution in [1.82, 2.24) is 10.3 Å². The molecular formula is C16H20N2O2. The van der Waals surface area contributed by atoms with E-state index in [1.165, 1.54) is 5.56 Å². The van der Waals surface area contributed by atoms with Gasteiger partial charge in [0.05, 0.1) is 5.69 Å². The lowest BCUT2D eigenvalue weighted by Gasteiger charge is -2.04. The number of hydrogen-bond acceptors (Lipinski definition) is 3. The number of benzene rings is 1. The first-order valence-corrected chi connectivity index (χ1v) is 6.88. The summed E-state index contributed by atoms with van der Waals surface area (Å²) in [6, 6.07) is 10.0. The lowest BCUT2D eigenvalue weighted by molar-refractivity contribution is -0.121. The Morgan fingerprint density at radius 2 is 1.95 bits per heavy atom. The quantitative estimate of drug-likeness (QED) is 0.879. The van der Waals surface area contributed by atoms with E-state index in [0.717, 1.165) is 17.9 Å². The Hall–Kier alpha value is -2.10. The largest absolute Gasteiger partial charge is 0.446 e. The van der Waals surface area contributed by atoms with Crippen LogP contribution in [0.15, 0.2) is 34.7 Å². The van der Waals surface area contributed by atoms with Crippen LogP contribution in [0.4, 0.5) is 0 Å². The molecule has 0 aliphatic heterocycles. The van der Waals surface area contributed by atoms with E-state index in [2.05, 4.69) is 10.3 Å². The average molecular weight is 272 g/mol. The number of carbonyl (C=O) groups excluding carboxylic acids is 1. The Kier molecular flexibility index (Phi) is 4.93. The van der Waals surface area contributed by atoms with E-state index in [9.17, 15) is 4.79 Å². The maximum absolute atomic E-state index is 11.7. The van der Waals surface area contributed by atoms with Gasteiger partial charge in [0, 0.05) is 26.3 Å². The van der Waals surface area contributed by atoms with Crippen LogP contribution >= 0.6 is 0 Å². The fraction of sp³-hybridized carbons (Fsp3) is 0.375. The zero-order chi connectivity index (χ0) is 14.4. The molecule has 4 nitrogen and oxygen atoms in total. The van der Waals surface area contributed by atoms with Crippen molar-refractivity contribution in [2.45, 2.75) is 33.1 Å². The molecule has 106 valence electrons. The minimum atomic E-state index is 0.0720. The summed E-state index contributed by atoms with van der Waals surface area (Å²) in [4.78, 5) is 15.9. The van der Waals surface area contributed by atoms with Gasteiger partial charge in [-0.25, -0.2) is 4.98 Å². The third kappa shape index (κ3) is 4.23. The minimum Gasteiger partial charge on any atom is -0.446 e. The molecule has 0 saturated heterocycles. The van der Waals surface area contributed by atoms with Crippen molar-refractivity contribution >= 4 is 5.91 Å². The van der Waals surface area contributed by atoms with E-state index >= 15 is 0 Å². The Morgan fingerprint density at radius 1 is 1.20 bits per heavy atom. The standard InChI is InChI=1S/C16H20N2O2/c1-12-15(20-13(2)18-12)10-11-17-16(19)9-8-14-6-4-3-5-7-14/h3-7H,8-11H2,1-2H3,(H,17,19). The molecule has 2 aromatic rings. The number of nitrogens with zero attached hydrogens (tertiary/aromatic N) is 1. The van der Waals surface area contributed by atoms with E-state index in [4.69, 9.17) is 4.42 Å². The average Bonchev–Trinajstić information content (AvgIpc) is 2.76. The van der Waals surface area contributed by atoms with Gasteiger partial charge in [-0.05, 0) is 18.9 Å². The van der Waals surface area contributed by atoms with Crippen molar-refractivity contribution in [3.8, 4) is 0 Å². The second-order valence-electron chi connectivity index (χ2n) is 4.83. The first-order valence-electron chi connectivity index (χ1n) is 6.88. The molecular weight excluding hydrogens is 252 g/mol. The highest BCUT2D eigenvalue weighted by molar-refractivity contribution is 5.76. The normalized spacial score (nSPS) is 10.5. The molecule has 0 atom stereocenters. The van der Waals surface area contributed by atoms with Crippen LogP contribution in [0.2, 0.25) is 0 Å². The second-order valence-corrected chi connectivity index (χ2v) is 4.83. The lowest BCUT2D eigenvalue weighted by atomic mass is 10.1. The molecule has 1 amide bonds. The number of carbonyl (C=O) groups is 1. The van der Waals surface area contributed by atoms with Gasteiger partial charge in [0.1, 0.15) is 5.76 Å². The van der Waals surface area contributed by atoms with Crippen molar-refractivity contribution in [3.05, 3.63) is 53.2 Å². The van der Waals surface area contributed by atoms with Crippen LogP contribution < -0.4 is 5.32 Å². The molecule has 1 N–H and O–H groups in total. The van der Waals surface area contributed by atoms with E-state index in [1.807, 2.05) is 44.2 Å². The smallest absolute Gasteiger partial charge is 0.220 e. The number of oxazole rings is 1. The molecule has 1 heterocycles. The summed E-state index contributed by atoms with van der Waals surface area (Å²) in [7, 11) is 0.